The van der Waals surface area contributed by atoms with Crippen molar-refractivity contribution in [3.05, 3.63) is 29.1 Å². The average Bonchev–Trinajstić information content (AvgIpc) is 3.07. The van der Waals surface area contributed by atoms with Crippen LogP contribution in [0.4, 0.5) is 0 Å². The molecule has 2 rings (SSSR count). The van der Waals surface area contributed by atoms with Crippen molar-refractivity contribution in [1.29, 1.82) is 0 Å². The fourth-order valence-electron chi connectivity index (χ4n) is 2.24. The minimum Gasteiger partial charge on any atom is -0.491 e. The second-order valence-corrected chi connectivity index (χ2v) is 8.45. The summed E-state index contributed by atoms with van der Waals surface area (Å²) in [7, 11) is 0. The number of carbonyl (C=O) groups is 1. The lowest BCUT2D eigenvalue weighted by Crippen LogP contribution is -2.42. The molecule has 0 aliphatic rings. The van der Waals surface area contributed by atoms with Crippen molar-refractivity contribution in [2.24, 2.45) is 0 Å². The number of aromatic nitrogens is 2. The van der Waals surface area contributed by atoms with E-state index in [1.807, 2.05) is 46.8 Å². The van der Waals surface area contributed by atoms with Crippen LogP contribution in [0.2, 0.25) is 0 Å². The van der Waals surface area contributed by atoms with Crippen LogP contribution in [0.15, 0.2) is 24.3 Å². The smallest absolute Gasteiger partial charge is 0.265 e. The molecule has 1 heterocycles. The van der Waals surface area contributed by atoms with Gasteiger partial charge in [0.1, 0.15) is 29.0 Å². The van der Waals surface area contributed by atoms with Crippen LogP contribution in [0.1, 0.15) is 44.3 Å². The van der Waals surface area contributed by atoms with Gasteiger partial charge in [-0.05, 0) is 70.4 Å². The molecule has 0 radical (unpaired) electrons. The number of carbonyl (C=O) groups excluding carboxylic acids is 1. The Morgan fingerprint density at radius 3 is 2.52 bits per heavy atom. The lowest BCUT2D eigenvalue weighted by molar-refractivity contribution is 0.0947. The van der Waals surface area contributed by atoms with Gasteiger partial charge in [-0.1, -0.05) is 4.49 Å². The van der Waals surface area contributed by atoms with Crippen molar-refractivity contribution in [3.8, 4) is 17.0 Å². The van der Waals surface area contributed by atoms with Crippen LogP contribution in [-0.4, -0.2) is 51.4 Å². The molecule has 1 aromatic heterocycles. The fraction of sp³-hybridized carbons (Fsp3) is 0.526. The molecule has 0 saturated heterocycles. The molecule has 0 bridgehead atoms. The molecule has 7 nitrogen and oxygen atoms in total. The summed E-state index contributed by atoms with van der Waals surface area (Å²) in [6, 6.07) is 7.30. The van der Waals surface area contributed by atoms with Gasteiger partial charge in [-0.3, -0.25) is 4.79 Å². The van der Waals surface area contributed by atoms with Crippen molar-refractivity contribution in [1.82, 2.24) is 20.2 Å². The number of aliphatic hydroxyl groups excluding tert-OH is 1. The van der Waals surface area contributed by atoms with E-state index in [1.54, 1.807) is 12.1 Å². The highest BCUT2D eigenvalue weighted by molar-refractivity contribution is 7.08. The van der Waals surface area contributed by atoms with E-state index in [0.29, 0.717) is 22.9 Å². The highest BCUT2D eigenvalue weighted by atomic mass is 32.1. The second-order valence-electron chi connectivity index (χ2n) is 7.70. The van der Waals surface area contributed by atoms with Gasteiger partial charge in [0.05, 0.1) is 0 Å². The molecule has 2 aromatic rings. The SMILES string of the molecule is CC(C)NC(=O)c1snnc1-c1ccc(OCC(O)CNC(C)(C)C)cc1. The van der Waals surface area contributed by atoms with Gasteiger partial charge in [-0.25, -0.2) is 0 Å². The number of hydrogen-bond acceptors (Lipinski definition) is 7. The van der Waals surface area contributed by atoms with Crippen molar-refractivity contribution >= 4 is 17.4 Å². The fourth-order valence-corrected chi connectivity index (χ4v) is 2.83. The van der Waals surface area contributed by atoms with Crippen LogP contribution < -0.4 is 15.4 Å². The van der Waals surface area contributed by atoms with Crippen molar-refractivity contribution in [2.45, 2.75) is 52.3 Å². The third kappa shape index (κ3) is 6.89. The zero-order valence-corrected chi connectivity index (χ0v) is 17.3. The molecule has 0 saturated carbocycles. The Balaban J connectivity index is 1.96. The van der Waals surface area contributed by atoms with Gasteiger partial charge in [0, 0.05) is 23.7 Å². The van der Waals surface area contributed by atoms with Gasteiger partial charge < -0.3 is 20.5 Å². The number of hydrogen-bond donors (Lipinski definition) is 3. The second kappa shape index (κ2) is 9.25. The third-order valence-electron chi connectivity index (χ3n) is 3.55. The Hall–Kier alpha value is -2.03. The molecule has 0 spiro atoms. The average molecular weight is 393 g/mol. The predicted molar refractivity (Wildman–Crippen MR) is 107 cm³/mol. The first-order valence-corrected chi connectivity index (χ1v) is 9.72. The summed E-state index contributed by atoms with van der Waals surface area (Å²) in [5, 5.41) is 20.2. The maximum Gasteiger partial charge on any atom is 0.265 e. The molecular formula is C19H28N4O3S. The number of nitrogens with zero attached hydrogens (tertiary/aromatic N) is 2. The van der Waals surface area contributed by atoms with Crippen LogP contribution in [0.25, 0.3) is 11.3 Å². The monoisotopic (exact) mass is 392 g/mol. The summed E-state index contributed by atoms with van der Waals surface area (Å²) in [4.78, 5) is 12.7. The summed E-state index contributed by atoms with van der Waals surface area (Å²) >= 11 is 1.08. The highest BCUT2D eigenvalue weighted by Gasteiger charge is 2.18. The normalized spacial score (nSPS) is 12.9. The summed E-state index contributed by atoms with van der Waals surface area (Å²) in [6.07, 6.45) is -0.599. The minimum absolute atomic E-state index is 0.0439. The number of β-amino-alcohol motifs (C(OH)–C–C–N with tert-alkyl or cyclic N) is 1. The van der Waals surface area contributed by atoms with Crippen LogP contribution in [0.5, 0.6) is 5.75 Å². The standard InChI is InChI=1S/C19H28N4O3S/c1-12(2)21-18(25)17-16(22-23-27-17)13-6-8-15(9-7-13)26-11-14(24)10-20-19(3,4)5/h6-9,12,14,20,24H,10-11H2,1-5H3,(H,21,25). The number of aliphatic hydroxyl groups is 1. The maximum atomic E-state index is 12.2. The van der Waals surface area contributed by atoms with Gasteiger partial charge >= 0.3 is 0 Å². The Morgan fingerprint density at radius 2 is 1.93 bits per heavy atom. The van der Waals surface area contributed by atoms with E-state index in [9.17, 15) is 9.90 Å². The van der Waals surface area contributed by atoms with Crippen LogP contribution >= 0.6 is 11.5 Å². The van der Waals surface area contributed by atoms with E-state index < -0.39 is 6.10 Å². The zero-order valence-electron chi connectivity index (χ0n) is 16.4. The van der Waals surface area contributed by atoms with Crippen molar-refractivity contribution in [3.63, 3.8) is 0 Å². The van der Waals surface area contributed by atoms with E-state index in [4.69, 9.17) is 4.74 Å². The van der Waals surface area contributed by atoms with E-state index in [1.165, 1.54) is 0 Å². The van der Waals surface area contributed by atoms with Gasteiger partial charge in [-0.2, -0.15) is 0 Å². The first kappa shape index (κ1) is 21.3. The van der Waals surface area contributed by atoms with Gasteiger partial charge in [0.15, 0.2) is 0 Å². The van der Waals surface area contributed by atoms with Gasteiger partial charge in [0.25, 0.3) is 5.91 Å². The highest BCUT2D eigenvalue weighted by Crippen LogP contribution is 2.26. The largest absolute Gasteiger partial charge is 0.491 e. The molecule has 1 atom stereocenters. The zero-order chi connectivity index (χ0) is 20.0. The summed E-state index contributed by atoms with van der Waals surface area (Å²) in [5.74, 6) is 0.467. The molecule has 0 aliphatic heterocycles. The maximum absolute atomic E-state index is 12.2. The Kier molecular flexibility index (Phi) is 7.29. The first-order chi connectivity index (χ1) is 12.7. The quantitative estimate of drug-likeness (QED) is 0.639. The Morgan fingerprint density at radius 1 is 1.26 bits per heavy atom. The molecule has 3 N–H and O–H groups in total. The van der Waals surface area contributed by atoms with Crippen molar-refractivity contribution in [2.75, 3.05) is 13.2 Å². The number of ether oxygens (including phenoxy) is 1. The molecule has 148 valence electrons. The van der Waals surface area contributed by atoms with Crippen LogP contribution in [-0.2, 0) is 0 Å². The summed E-state index contributed by atoms with van der Waals surface area (Å²) in [5.41, 5.74) is 1.29. The Bertz CT molecular complexity index is 738. The van der Waals surface area contributed by atoms with Gasteiger partial charge in [0.2, 0.25) is 0 Å². The number of benzene rings is 1. The molecule has 1 aromatic carbocycles. The molecule has 0 fully saturated rings. The number of nitrogens with one attached hydrogen (secondary N) is 2. The molecule has 1 unspecified atom stereocenters. The van der Waals surface area contributed by atoms with Crippen molar-refractivity contribution < 1.29 is 14.6 Å². The summed E-state index contributed by atoms with van der Waals surface area (Å²) in [6.45, 7) is 10.6. The lowest BCUT2D eigenvalue weighted by atomic mass is 10.1. The molecule has 8 heteroatoms. The molecule has 27 heavy (non-hydrogen) atoms. The summed E-state index contributed by atoms with van der Waals surface area (Å²) < 4.78 is 9.54. The van der Waals surface area contributed by atoms with E-state index in [0.717, 1.165) is 17.1 Å². The number of amides is 1. The topological polar surface area (TPSA) is 96.4 Å². The minimum atomic E-state index is -0.599. The van der Waals surface area contributed by atoms with E-state index in [-0.39, 0.29) is 24.1 Å². The first-order valence-electron chi connectivity index (χ1n) is 8.95. The van der Waals surface area contributed by atoms with E-state index >= 15 is 0 Å². The molecule has 0 aliphatic carbocycles. The Labute approximate surface area is 164 Å². The van der Waals surface area contributed by atoms with E-state index in [2.05, 4.69) is 20.2 Å². The van der Waals surface area contributed by atoms with Gasteiger partial charge in [-0.15, -0.1) is 5.10 Å². The van der Waals surface area contributed by atoms with Crippen LogP contribution in [0.3, 0.4) is 0 Å². The number of rotatable bonds is 8. The molecular weight excluding hydrogens is 364 g/mol. The third-order valence-corrected chi connectivity index (χ3v) is 4.28. The molecule has 1 amide bonds. The predicted octanol–water partition coefficient (Wildman–Crippen LogP) is 2.47. The van der Waals surface area contributed by atoms with Crippen LogP contribution in [0, 0.1) is 0 Å². The lowest BCUT2D eigenvalue weighted by Gasteiger charge is -2.22.